The molecule has 6 heteroatoms. The molecule has 5 nitrogen and oxygen atoms in total. The van der Waals surface area contributed by atoms with Crippen molar-refractivity contribution in [1.29, 1.82) is 0 Å². The van der Waals surface area contributed by atoms with E-state index in [4.69, 9.17) is 8.83 Å². The maximum Gasteiger partial charge on any atom is 0.261 e. The summed E-state index contributed by atoms with van der Waals surface area (Å²) in [4.78, 5) is 18.0. The van der Waals surface area contributed by atoms with E-state index < -0.39 is 0 Å². The number of furan rings is 1. The van der Waals surface area contributed by atoms with Gasteiger partial charge in [0.25, 0.3) is 5.91 Å². The Balaban J connectivity index is 1.34. The Hall–Kier alpha value is -3.38. The van der Waals surface area contributed by atoms with Gasteiger partial charge in [0, 0.05) is 28.4 Å². The van der Waals surface area contributed by atoms with Crippen molar-refractivity contribution in [1.82, 2.24) is 4.98 Å². The molecule has 1 amide bonds. The first-order chi connectivity index (χ1) is 13.3. The highest BCUT2D eigenvalue weighted by molar-refractivity contribution is 7.15. The lowest BCUT2D eigenvalue weighted by atomic mass is 10.1. The molecule has 0 bridgehead atoms. The molecule has 0 atom stereocenters. The first-order valence-corrected chi connectivity index (χ1v) is 9.26. The molecule has 132 valence electrons. The maximum absolute atomic E-state index is 12.6. The summed E-state index contributed by atoms with van der Waals surface area (Å²) in [6.45, 7) is 0. The molecule has 2 aliphatic rings. The normalized spacial score (nSPS) is 11.3. The number of benzene rings is 1. The second-order valence-corrected chi connectivity index (χ2v) is 7.31. The quantitative estimate of drug-likeness (QED) is 0.455. The van der Waals surface area contributed by atoms with Gasteiger partial charge in [0.15, 0.2) is 5.13 Å². The van der Waals surface area contributed by atoms with E-state index in [0.29, 0.717) is 16.3 Å². The molecular formula is C21H14N2O3S. The van der Waals surface area contributed by atoms with Crippen LogP contribution in [0.15, 0.2) is 76.3 Å². The number of rotatable bonds is 4. The van der Waals surface area contributed by atoms with E-state index in [2.05, 4.69) is 16.4 Å². The minimum absolute atomic E-state index is 0.221. The minimum atomic E-state index is -0.221. The fourth-order valence-electron chi connectivity index (χ4n) is 3.19. The van der Waals surface area contributed by atoms with E-state index in [-0.39, 0.29) is 5.91 Å². The molecule has 0 saturated heterocycles. The van der Waals surface area contributed by atoms with Crippen molar-refractivity contribution in [3.63, 3.8) is 0 Å². The molecule has 1 N–H and O–H groups in total. The molecule has 3 aromatic rings. The Morgan fingerprint density at radius 3 is 3.00 bits per heavy atom. The van der Waals surface area contributed by atoms with Crippen LogP contribution in [-0.4, -0.2) is 10.9 Å². The average molecular weight is 374 g/mol. The van der Waals surface area contributed by atoms with Gasteiger partial charge in [-0.2, -0.15) is 0 Å². The molecule has 0 spiro atoms. The summed E-state index contributed by atoms with van der Waals surface area (Å²) >= 11 is 1.47. The van der Waals surface area contributed by atoms with Crippen LogP contribution < -0.4 is 5.32 Å². The lowest BCUT2D eigenvalue weighted by Crippen LogP contribution is -2.10. The number of carbonyl (C=O) groups excluding carboxylic acids is 1. The van der Waals surface area contributed by atoms with Crippen LogP contribution in [0.4, 0.5) is 5.13 Å². The predicted molar refractivity (Wildman–Crippen MR) is 104 cm³/mol. The van der Waals surface area contributed by atoms with E-state index in [1.54, 1.807) is 18.7 Å². The first-order valence-electron chi connectivity index (χ1n) is 8.44. The number of hydrogen-bond acceptors (Lipinski definition) is 5. The average Bonchev–Trinajstić information content (AvgIpc) is 3.41. The van der Waals surface area contributed by atoms with Crippen molar-refractivity contribution in [3.8, 4) is 11.1 Å². The summed E-state index contributed by atoms with van der Waals surface area (Å²) in [7, 11) is 0. The fourth-order valence-corrected chi connectivity index (χ4v) is 4.02. The third-order valence-electron chi connectivity index (χ3n) is 4.49. The summed E-state index contributed by atoms with van der Waals surface area (Å²) in [6.07, 6.45) is 7.47. The van der Waals surface area contributed by atoms with Crippen molar-refractivity contribution in [2.24, 2.45) is 0 Å². The number of nitrogens with one attached hydrogen (secondary N) is 1. The number of amides is 1. The molecule has 3 heterocycles. The Labute approximate surface area is 158 Å². The monoisotopic (exact) mass is 374 g/mol. The highest BCUT2D eigenvalue weighted by Gasteiger charge is 2.16. The molecule has 5 rings (SSSR count). The van der Waals surface area contributed by atoms with Gasteiger partial charge in [-0.05, 0) is 23.3 Å². The number of anilines is 1. The topological polar surface area (TPSA) is 68.3 Å². The number of hydrogen-bond donors (Lipinski definition) is 1. The van der Waals surface area contributed by atoms with Gasteiger partial charge < -0.3 is 8.83 Å². The molecule has 0 radical (unpaired) electrons. The third kappa shape index (κ3) is 2.90. The van der Waals surface area contributed by atoms with Crippen LogP contribution in [0.3, 0.4) is 0 Å². The van der Waals surface area contributed by atoms with Gasteiger partial charge in [-0.3, -0.25) is 10.1 Å². The number of aromatic nitrogens is 1. The first kappa shape index (κ1) is 15.8. The Morgan fingerprint density at radius 1 is 1.11 bits per heavy atom. The number of thiazole rings is 1. The zero-order valence-corrected chi connectivity index (χ0v) is 15.0. The van der Waals surface area contributed by atoms with Crippen molar-refractivity contribution in [2.75, 3.05) is 5.32 Å². The Morgan fingerprint density at radius 2 is 2.04 bits per heavy atom. The van der Waals surface area contributed by atoms with Gasteiger partial charge in [0.2, 0.25) is 0 Å². The maximum atomic E-state index is 12.6. The third-order valence-corrected chi connectivity index (χ3v) is 5.41. The molecule has 0 unspecified atom stereocenters. The highest BCUT2D eigenvalue weighted by atomic mass is 32.1. The van der Waals surface area contributed by atoms with Gasteiger partial charge in [-0.15, -0.1) is 11.3 Å². The van der Waals surface area contributed by atoms with Crippen molar-refractivity contribution >= 4 is 33.3 Å². The lowest BCUT2D eigenvalue weighted by molar-refractivity contribution is 0.102. The van der Waals surface area contributed by atoms with Gasteiger partial charge in [-0.1, -0.05) is 30.3 Å². The summed E-state index contributed by atoms with van der Waals surface area (Å²) in [5, 5.41) is 4.23. The van der Waals surface area contributed by atoms with Gasteiger partial charge in [0.05, 0.1) is 18.1 Å². The molecule has 0 fully saturated rings. The van der Waals surface area contributed by atoms with Gasteiger partial charge in [0.1, 0.15) is 11.8 Å². The van der Waals surface area contributed by atoms with Crippen LogP contribution in [0.25, 0.3) is 22.1 Å². The van der Waals surface area contributed by atoms with Crippen LogP contribution in [0.5, 0.6) is 0 Å². The molecule has 1 aliphatic heterocycles. The van der Waals surface area contributed by atoms with Crippen molar-refractivity contribution in [2.45, 2.75) is 6.42 Å². The second-order valence-electron chi connectivity index (χ2n) is 6.19. The number of nitrogens with zero attached hydrogens (tertiary/aromatic N) is 1. The molecule has 1 aliphatic carbocycles. The van der Waals surface area contributed by atoms with Crippen molar-refractivity contribution < 1.29 is 13.6 Å². The number of para-hydroxylation sites is 1. The van der Waals surface area contributed by atoms with Gasteiger partial charge in [-0.25, -0.2) is 4.98 Å². The summed E-state index contributed by atoms with van der Waals surface area (Å²) in [5.41, 5.74) is 4.66. The molecular weight excluding hydrogens is 360 g/mol. The summed E-state index contributed by atoms with van der Waals surface area (Å²) < 4.78 is 10.6. The molecule has 27 heavy (non-hydrogen) atoms. The van der Waals surface area contributed by atoms with E-state index >= 15 is 0 Å². The smallest absolute Gasteiger partial charge is 0.261 e. The summed E-state index contributed by atoms with van der Waals surface area (Å²) in [5.74, 6) is -0.221. The molecule has 1 aromatic carbocycles. The SMILES string of the molecule is O=C(Nc1ncc(Cc2ccc3coccc2-3)s1)c1coc2ccccc12. The standard InChI is InChI=1S/C21H14N2O3S/c24-20(18-12-26-19-4-2-1-3-17(18)19)23-21-22-10-15(27-21)9-13-5-6-14-11-25-8-7-16(13)14/h1-8,10-12H,9H2,(H,22,23,24). The van der Waals surface area contributed by atoms with Crippen LogP contribution in [-0.2, 0) is 6.42 Å². The predicted octanol–water partition coefficient (Wildman–Crippen LogP) is 5.43. The van der Waals surface area contributed by atoms with Crippen LogP contribution in [0.1, 0.15) is 20.8 Å². The Kier molecular flexibility index (Phi) is 3.76. The molecule has 0 saturated carbocycles. The second kappa shape index (κ2) is 6.41. The highest BCUT2D eigenvalue weighted by Crippen LogP contribution is 2.31. The zero-order valence-electron chi connectivity index (χ0n) is 14.1. The van der Waals surface area contributed by atoms with Gasteiger partial charge >= 0.3 is 0 Å². The van der Waals surface area contributed by atoms with Crippen LogP contribution >= 0.6 is 11.3 Å². The largest absolute Gasteiger partial charge is 0.472 e. The van der Waals surface area contributed by atoms with Crippen molar-refractivity contribution in [3.05, 3.63) is 83.5 Å². The van der Waals surface area contributed by atoms with E-state index in [1.807, 2.05) is 36.4 Å². The zero-order chi connectivity index (χ0) is 18.2. The fraction of sp³-hybridized carbons (Fsp3) is 0.0476. The lowest BCUT2D eigenvalue weighted by Gasteiger charge is -2.01. The Bertz CT molecular complexity index is 1220. The summed E-state index contributed by atoms with van der Waals surface area (Å²) in [6, 6.07) is 13.6. The number of carbonyl (C=O) groups is 1. The van der Waals surface area contributed by atoms with E-state index in [0.717, 1.165) is 22.2 Å². The number of fused-ring (bicyclic) bond motifs is 2. The van der Waals surface area contributed by atoms with Crippen LogP contribution in [0.2, 0.25) is 0 Å². The van der Waals surface area contributed by atoms with E-state index in [1.165, 1.54) is 28.7 Å². The molecule has 2 aromatic heterocycles. The minimum Gasteiger partial charge on any atom is -0.472 e. The van der Waals surface area contributed by atoms with E-state index in [9.17, 15) is 4.79 Å². The van der Waals surface area contributed by atoms with Crippen LogP contribution in [0, 0.1) is 0 Å².